The van der Waals surface area contributed by atoms with Gasteiger partial charge in [0.1, 0.15) is 11.5 Å². The predicted octanol–water partition coefficient (Wildman–Crippen LogP) is 3.88. The topological polar surface area (TPSA) is 40.5 Å². The summed E-state index contributed by atoms with van der Waals surface area (Å²) in [7, 11) is 0. The Morgan fingerprint density at radius 1 is 0.762 bits per heavy atom. The standard InChI is InChI=1S/C18H14O2S/c1-3-17(13-9-5-7-11-15(13)19)21-18(4-2)14-10-6-8-12-16(14)20/h1-2,5-12,17-20H. The van der Waals surface area contributed by atoms with Crippen LogP contribution in [-0.4, -0.2) is 10.2 Å². The zero-order valence-corrected chi connectivity index (χ0v) is 12.0. The van der Waals surface area contributed by atoms with Crippen molar-refractivity contribution in [1.82, 2.24) is 0 Å². The molecule has 2 nitrogen and oxygen atoms in total. The van der Waals surface area contributed by atoms with Gasteiger partial charge in [-0.2, -0.15) is 0 Å². The van der Waals surface area contributed by atoms with E-state index in [0.717, 1.165) is 0 Å². The molecule has 104 valence electrons. The number of terminal acetylenes is 2. The van der Waals surface area contributed by atoms with Crippen molar-refractivity contribution in [1.29, 1.82) is 0 Å². The third kappa shape index (κ3) is 3.34. The van der Waals surface area contributed by atoms with E-state index in [-0.39, 0.29) is 11.5 Å². The molecule has 0 spiro atoms. The van der Waals surface area contributed by atoms with E-state index in [4.69, 9.17) is 12.8 Å². The maximum Gasteiger partial charge on any atom is 0.120 e. The van der Waals surface area contributed by atoms with Gasteiger partial charge in [0.15, 0.2) is 0 Å². The molecule has 0 aromatic heterocycles. The fraction of sp³-hybridized carbons (Fsp3) is 0.111. The van der Waals surface area contributed by atoms with Gasteiger partial charge in [-0.05, 0) is 12.1 Å². The van der Waals surface area contributed by atoms with Gasteiger partial charge < -0.3 is 10.2 Å². The lowest BCUT2D eigenvalue weighted by atomic mass is 10.1. The van der Waals surface area contributed by atoms with Gasteiger partial charge >= 0.3 is 0 Å². The van der Waals surface area contributed by atoms with Crippen LogP contribution in [0.1, 0.15) is 21.6 Å². The number of phenolic OH excluding ortho intramolecular Hbond substituents is 2. The molecule has 2 aromatic carbocycles. The molecule has 0 aliphatic carbocycles. The van der Waals surface area contributed by atoms with Crippen molar-refractivity contribution in [3.8, 4) is 36.2 Å². The van der Waals surface area contributed by atoms with Crippen molar-refractivity contribution >= 4 is 11.8 Å². The summed E-state index contributed by atoms with van der Waals surface area (Å²) in [6, 6.07) is 13.8. The first-order valence-electron chi connectivity index (χ1n) is 6.31. The van der Waals surface area contributed by atoms with Gasteiger partial charge in [-0.3, -0.25) is 0 Å². The lowest BCUT2D eigenvalue weighted by Gasteiger charge is -2.18. The Bertz CT molecular complexity index is 648. The fourth-order valence-corrected chi connectivity index (χ4v) is 3.08. The first kappa shape index (κ1) is 14.9. The van der Waals surface area contributed by atoms with Gasteiger partial charge in [0, 0.05) is 11.1 Å². The van der Waals surface area contributed by atoms with Gasteiger partial charge in [-0.1, -0.05) is 48.2 Å². The summed E-state index contributed by atoms with van der Waals surface area (Å²) in [5.74, 6) is 5.56. The monoisotopic (exact) mass is 294 g/mol. The number of hydrogen-bond acceptors (Lipinski definition) is 3. The molecule has 0 heterocycles. The first-order chi connectivity index (χ1) is 10.2. The fourth-order valence-electron chi connectivity index (χ4n) is 1.96. The van der Waals surface area contributed by atoms with Crippen molar-refractivity contribution in [2.45, 2.75) is 10.5 Å². The molecule has 0 saturated carbocycles. The van der Waals surface area contributed by atoms with E-state index in [0.29, 0.717) is 11.1 Å². The van der Waals surface area contributed by atoms with E-state index in [9.17, 15) is 10.2 Å². The second-order valence-corrected chi connectivity index (χ2v) is 5.56. The van der Waals surface area contributed by atoms with Crippen LogP contribution < -0.4 is 0 Å². The van der Waals surface area contributed by atoms with E-state index >= 15 is 0 Å². The summed E-state index contributed by atoms with van der Waals surface area (Å²) in [6.07, 6.45) is 11.2. The molecule has 2 N–H and O–H groups in total. The van der Waals surface area contributed by atoms with Crippen molar-refractivity contribution in [2.75, 3.05) is 0 Å². The Morgan fingerprint density at radius 3 is 1.48 bits per heavy atom. The molecule has 2 rings (SSSR count). The van der Waals surface area contributed by atoms with Crippen LogP contribution in [0.2, 0.25) is 0 Å². The normalized spacial score (nSPS) is 12.9. The minimum atomic E-state index is -0.396. The zero-order chi connectivity index (χ0) is 15.2. The smallest absolute Gasteiger partial charge is 0.120 e. The number of aromatic hydroxyl groups is 2. The SMILES string of the molecule is C#CC(SC(C#C)c1ccccc1O)c1ccccc1O. The minimum absolute atomic E-state index is 0.140. The molecule has 2 atom stereocenters. The maximum atomic E-state index is 9.91. The summed E-state index contributed by atoms with van der Waals surface area (Å²) in [5.41, 5.74) is 1.28. The van der Waals surface area contributed by atoms with Gasteiger partial charge in [0.2, 0.25) is 0 Å². The Hall–Kier alpha value is -2.49. The highest BCUT2D eigenvalue weighted by molar-refractivity contribution is 8.00. The molecule has 0 bridgehead atoms. The Kier molecular flexibility index (Phi) is 4.82. The first-order valence-corrected chi connectivity index (χ1v) is 7.25. The summed E-state index contributed by atoms with van der Waals surface area (Å²) in [6.45, 7) is 0. The lowest BCUT2D eigenvalue weighted by Crippen LogP contribution is -1.98. The van der Waals surface area contributed by atoms with Crippen molar-refractivity contribution in [2.24, 2.45) is 0 Å². The number of thioether (sulfide) groups is 1. The van der Waals surface area contributed by atoms with Crippen LogP contribution in [0.5, 0.6) is 11.5 Å². The van der Waals surface area contributed by atoms with Crippen LogP contribution in [0.25, 0.3) is 0 Å². The van der Waals surface area contributed by atoms with Crippen LogP contribution in [0, 0.1) is 24.7 Å². The molecule has 2 unspecified atom stereocenters. The van der Waals surface area contributed by atoms with Crippen LogP contribution in [-0.2, 0) is 0 Å². The van der Waals surface area contributed by atoms with Crippen LogP contribution in [0.3, 0.4) is 0 Å². The predicted molar refractivity (Wildman–Crippen MR) is 87.0 cm³/mol. The third-order valence-electron chi connectivity index (χ3n) is 3.01. The second kappa shape index (κ2) is 6.79. The summed E-state index contributed by atoms with van der Waals surface area (Å²) in [5, 5.41) is 19.0. The highest BCUT2D eigenvalue weighted by Gasteiger charge is 2.21. The summed E-state index contributed by atoms with van der Waals surface area (Å²) >= 11 is 1.33. The largest absolute Gasteiger partial charge is 0.508 e. The van der Waals surface area contributed by atoms with Crippen LogP contribution in [0.4, 0.5) is 0 Å². The number of para-hydroxylation sites is 2. The molecular weight excluding hydrogens is 280 g/mol. The molecule has 21 heavy (non-hydrogen) atoms. The molecular formula is C18H14O2S. The Balaban J connectivity index is 2.30. The molecule has 0 aliphatic rings. The minimum Gasteiger partial charge on any atom is -0.508 e. The molecule has 3 heteroatoms. The van der Waals surface area contributed by atoms with E-state index in [1.54, 1.807) is 36.4 Å². The molecule has 0 radical (unpaired) electrons. The maximum absolute atomic E-state index is 9.91. The molecule has 2 aromatic rings. The van der Waals surface area contributed by atoms with Crippen LogP contribution in [0.15, 0.2) is 48.5 Å². The number of rotatable bonds is 4. The zero-order valence-electron chi connectivity index (χ0n) is 11.2. The lowest BCUT2D eigenvalue weighted by molar-refractivity contribution is 0.469. The second-order valence-electron chi connectivity index (χ2n) is 4.35. The van der Waals surface area contributed by atoms with Gasteiger partial charge in [-0.15, -0.1) is 24.6 Å². The van der Waals surface area contributed by atoms with Crippen molar-refractivity contribution in [3.63, 3.8) is 0 Å². The van der Waals surface area contributed by atoms with Gasteiger partial charge in [-0.25, -0.2) is 0 Å². The van der Waals surface area contributed by atoms with Crippen molar-refractivity contribution in [3.05, 3.63) is 59.7 Å². The van der Waals surface area contributed by atoms with Crippen molar-refractivity contribution < 1.29 is 10.2 Å². The average Bonchev–Trinajstić information content (AvgIpc) is 2.51. The quantitative estimate of drug-likeness (QED) is 0.841. The molecule has 0 aliphatic heterocycles. The molecule has 0 saturated heterocycles. The van der Waals surface area contributed by atoms with Crippen LogP contribution >= 0.6 is 11.8 Å². The van der Waals surface area contributed by atoms with E-state index < -0.39 is 10.5 Å². The Labute approximate surface area is 128 Å². The highest BCUT2D eigenvalue weighted by atomic mass is 32.2. The number of phenols is 2. The van der Waals surface area contributed by atoms with E-state index in [1.807, 2.05) is 12.1 Å². The molecule has 0 fully saturated rings. The molecule has 0 amide bonds. The number of hydrogen-bond donors (Lipinski definition) is 2. The third-order valence-corrected chi connectivity index (χ3v) is 4.34. The van der Waals surface area contributed by atoms with E-state index in [1.165, 1.54) is 11.8 Å². The summed E-state index contributed by atoms with van der Waals surface area (Å²) in [4.78, 5) is 0. The average molecular weight is 294 g/mol. The Morgan fingerprint density at radius 2 is 1.14 bits per heavy atom. The highest BCUT2D eigenvalue weighted by Crippen LogP contribution is 2.44. The number of benzene rings is 2. The van der Waals surface area contributed by atoms with Gasteiger partial charge in [0.25, 0.3) is 0 Å². The summed E-state index contributed by atoms with van der Waals surface area (Å²) < 4.78 is 0. The van der Waals surface area contributed by atoms with Gasteiger partial charge in [0.05, 0.1) is 10.5 Å². The van der Waals surface area contributed by atoms with E-state index in [2.05, 4.69) is 11.8 Å².